The monoisotopic (exact) mass is 343 g/mol. The van der Waals surface area contributed by atoms with Gasteiger partial charge in [0.25, 0.3) is 29.0 Å². The van der Waals surface area contributed by atoms with Crippen molar-refractivity contribution < 1.29 is 19.3 Å². The number of para-hydroxylation sites is 1. The molecule has 5 N–H and O–H groups in total. The number of aromatic nitrogens is 1. The summed E-state index contributed by atoms with van der Waals surface area (Å²) in [7, 11) is 0. The van der Waals surface area contributed by atoms with E-state index in [9.17, 15) is 29.3 Å². The van der Waals surface area contributed by atoms with Crippen molar-refractivity contribution >= 4 is 29.2 Å². The van der Waals surface area contributed by atoms with E-state index in [2.05, 4.69) is 0 Å². The number of hydrogen-bond donors (Lipinski definition) is 3. The molecule has 0 unspecified atom stereocenters. The van der Waals surface area contributed by atoms with Gasteiger partial charge < -0.3 is 11.5 Å². The fourth-order valence-corrected chi connectivity index (χ4v) is 2.62. The molecule has 0 bridgehead atoms. The van der Waals surface area contributed by atoms with E-state index in [1.165, 1.54) is 12.1 Å². The Kier molecular flexibility index (Phi) is 3.34. The average molecular weight is 343 g/mol. The molecule has 1 aliphatic heterocycles. The summed E-state index contributed by atoms with van der Waals surface area (Å²) in [6.45, 7) is 0. The van der Waals surface area contributed by atoms with Gasteiger partial charge in [0.05, 0.1) is 21.6 Å². The molecule has 11 nitrogen and oxygen atoms in total. The summed E-state index contributed by atoms with van der Waals surface area (Å²) in [5, 5.41) is 13.3. The smallest absolute Gasteiger partial charge is 0.294 e. The first-order valence-corrected chi connectivity index (χ1v) is 6.72. The summed E-state index contributed by atoms with van der Waals surface area (Å²) >= 11 is 0. The number of fused-ring (bicyclic) bond motifs is 1. The molecule has 1 aliphatic rings. The van der Waals surface area contributed by atoms with Crippen LogP contribution in [0.25, 0.3) is 5.69 Å². The lowest BCUT2D eigenvalue weighted by molar-refractivity contribution is -0.384. The molecular formula is C14H9N5O6. The second-order valence-electron chi connectivity index (χ2n) is 5.07. The maximum Gasteiger partial charge on any atom is 0.294 e. The molecule has 126 valence electrons. The fraction of sp³-hybridized carbons (Fsp3) is 0. The number of nitrogen functional groups attached to an aromatic ring is 1. The number of rotatable bonds is 3. The van der Waals surface area contributed by atoms with Crippen molar-refractivity contribution in [2.75, 3.05) is 5.73 Å². The van der Waals surface area contributed by atoms with Crippen LogP contribution in [-0.2, 0) is 0 Å². The van der Waals surface area contributed by atoms with Crippen LogP contribution in [0.3, 0.4) is 0 Å². The van der Waals surface area contributed by atoms with Crippen LogP contribution in [0.4, 0.5) is 11.5 Å². The van der Waals surface area contributed by atoms with Crippen LogP contribution in [0.1, 0.15) is 31.1 Å². The summed E-state index contributed by atoms with van der Waals surface area (Å²) in [5.74, 6) is -3.22. The first-order valence-electron chi connectivity index (χ1n) is 6.72. The number of benzene rings is 1. The maximum absolute atomic E-state index is 12.4. The zero-order valence-electron chi connectivity index (χ0n) is 12.3. The van der Waals surface area contributed by atoms with Gasteiger partial charge in [0, 0.05) is 12.1 Å². The van der Waals surface area contributed by atoms with Crippen molar-refractivity contribution in [3.63, 3.8) is 0 Å². The van der Waals surface area contributed by atoms with Crippen molar-refractivity contribution in [3.05, 3.63) is 61.4 Å². The molecule has 0 aliphatic carbocycles. The topological polar surface area (TPSA) is 180 Å². The van der Waals surface area contributed by atoms with Crippen LogP contribution in [0.5, 0.6) is 0 Å². The van der Waals surface area contributed by atoms with Gasteiger partial charge in [0.15, 0.2) is 0 Å². The summed E-state index contributed by atoms with van der Waals surface area (Å²) in [6.07, 6.45) is 0. The van der Waals surface area contributed by atoms with Crippen molar-refractivity contribution in [2.24, 2.45) is 5.73 Å². The van der Waals surface area contributed by atoms with E-state index >= 15 is 0 Å². The third kappa shape index (κ3) is 2.22. The standard InChI is InChI=1S/C14H9N5O6/c15-11-9-6(13(22)17-14(9)23)4-8(20)18(11)10-5(12(16)21)2-1-3-7(10)19(24)25/h1-4H,15H2,(H2,16,21)(H,17,22,23). The Bertz CT molecular complexity index is 1020. The summed E-state index contributed by atoms with van der Waals surface area (Å²) in [6, 6.07) is 4.25. The van der Waals surface area contributed by atoms with Crippen molar-refractivity contribution in [1.29, 1.82) is 0 Å². The van der Waals surface area contributed by atoms with Gasteiger partial charge in [-0.1, -0.05) is 6.07 Å². The van der Waals surface area contributed by atoms with E-state index in [-0.39, 0.29) is 16.7 Å². The van der Waals surface area contributed by atoms with Gasteiger partial charge in [-0.25, -0.2) is 0 Å². The molecule has 2 heterocycles. The molecule has 1 aromatic heterocycles. The number of nitrogens with one attached hydrogen (secondary N) is 1. The number of nitrogens with two attached hydrogens (primary N) is 2. The van der Waals surface area contributed by atoms with Crippen LogP contribution >= 0.6 is 0 Å². The predicted octanol–water partition coefficient (Wildman–Crippen LogP) is -0.690. The van der Waals surface area contributed by atoms with E-state index in [4.69, 9.17) is 11.5 Å². The summed E-state index contributed by atoms with van der Waals surface area (Å²) in [4.78, 5) is 58.1. The molecule has 2 aromatic rings. The van der Waals surface area contributed by atoms with Crippen molar-refractivity contribution in [1.82, 2.24) is 9.88 Å². The number of carbonyl (C=O) groups excluding carboxylic acids is 3. The first-order chi connectivity index (χ1) is 11.7. The number of carbonyl (C=O) groups is 3. The number of nitro groups is 1. The summed E-state index contributed by atoms with van der Waals surface area (Å²) in [5.41, 5.74) is 8.15. The molecule has 0 atom stereocenters. The Hall–Kier alpha value is -4.02. The van der Waals surface area contributed by atoms with Crippen LogP contribution in [0.15, 0.2) is 29.1 Å². The minimum absolute atomic E-state index is 0.247. The maximum atomic E-state index is 12.4. The number of hydrogen-bond acceptors (Lipinski definition) is 7. The number of pyridine rings is 1. The second-order valence-corrected chi connectivity index (χ2v) is 5.07. The Morgan fingerprint density at radius 2 is 1.88 bits per heavy atom. The van der Waals surface area contributed by atoms with E-state index < -0.39 is 45.4 Å². The second kappa shape index (κ2) is 5.26. The predicted molar refractivity (Wildman–Crippen MR) is 83.4 cm³/mol. The van der Waals surface area contributed by atoms with Gasteiger partial charge >= 0.3 is 0 Å². The highest BCUT2D eigenvalue weighted by atomic mass is 16.6. The molecule has 11 heteroatoms. The summed E-state index contributed by atoms with van der Waals surface area (Å²) < 4.78 is 0.620. The van der Waals surface area contributed by atoms with Gasteiger partial charge in [-0.3, -0.25) is 39.2 Å². The Morgan fingerprint density at radius 3 is 2.48 bits per heavy atom. The minimum atomic E-state index is -1.04. The first kappa shape index (κ1) is 15.9. The lowest BCUT2D eigenvalue weighted by Gasteiger charge is -2.14. The van der Waals surface area contributed by atoms with E-state index in [0.717, 1.165) is 12.1 Å². The van der Waals surface area contributed by atoms with Crippen molar-refractivity contribution in [2.45, 2.75) is 0 Å². The van der Waals surface area contributed by atoms with Gasteiger partial charge in [0.1, 0.15) is 11.5 Å². The molecule has 3 amide bonds. The highest BCUT2D eigenvalue weighted by Crippen LogP contribution is 2.30. The van der Waals surface area contributed by atoms with Gasteiger partial charge in [-0.15, -0.1) is 0 Å². The fourth-order valence-electron chi connectivity index (χ4n) is 2.62. The number of primary amides is 1. The number of anilines is 1. The van der Waals surface area contributed by atoms with Gasteiger partial charge in [-0.2, -0.15) is 0 Å². The van der Waals surface area contributed by atoms with Crippen LogP contribution in [0.2, 0.25) is 0 Å². The van der Waals surface area contributed by atoms with E-state index in [1.807, 2.05) is 5.32 Å². The average Bonchev–Trinajstić information content (AvgIpc) is 2.81. The third-order valence-electron chi connectivity index (χ3n) is 3.65. The Labute approximate surface area is 138 Å². The molecule has 1 aromatic carbocycles. The van der Waals surface area contributed by atoms with Crippen LogP contribution < -0.4 is 22.3 Å². The van der Waals surface area contributed by atoms with Crippen LogP contribution in [-0.4, -0.2) is 27.2 Å². The highest BCUT2D eigenvalue weighted by molar-refractivity contribution is 6.23. The lowest BCUT2D eigenvalue weighted by Crippen LogP contribution is -2.27. The van der Waals surface area contributed by atoms with Gasteiger partial charge in [-0.05, 0) is 6.07 Å². The lowest BCUT2D eigenvalue weighted by atomic mass is 10.1. The minimum Gasteiger partial charge on any atom is -0.384 e. The Balaban J connectivity index is 2.48. The number of nitrogens with zero attached hydrogens (tertiary/aromatic N) is 2. The molecule has 0 fully saturated rings. The normalized spacial score (nSPS) is 12.6. The van der Waals surface area contributed by atoms with E-state index in [0.29, 0.717) is 4.57 Å². The number of nitro benzene ring substituents is 1. The quantitative estimate of drug-likeness (QED) is 0.374. The molecule has 3 rings (SSSR count). The Morgan fingerprint density at radius 1 is 1.20 bits per heavy atom. The zero-order valence-corrected chi connectivity index (χ0v) is 12.3. The SMILES string of the molecule is NC(=O)c1cccc([N+](=O)[O-])c1-n1c(N)c2c(cc1=O)C(=O)NC2=O. The molecule has 0 saturated heterocycles. The zero-order chi connectivity index (χ0) is 18.5. The van der Waals surface area contributed by atoms with Crippen LogP contribution in [0, 0.1) is 10.1 Å². The number of amides is 3. The largest absolute Gasteiger partial charge is 0.384 e. The van der Waals surface area contributed by atoms with E-state index in [1.54, 1.807) is 0 Å². The molecule has 0 saturated carbocycles. The molecule has 25 heavy (non-hydrogen) atoms. The van der Waals surface area contributed by atoms with Gasteiger partial charge in [0.2, 0.25) is 0 Å². The molecular weight excluding hydrogens is 334 g/mol. The highest BCUT2D eigenvalue weighted by Gasteiger charge is 2.34. The molecule has 0 radical (unpaired) electrons. The molecule has 0 spiro atoms. The number of imide groups is 1. The van der Waals surface area contributed by atoms with Crippen molar-refractivity contribution in [3.8, 4) is 5.69 Å². The third-order valence-corrected chi connectivity index (χ3v) is 3.65.